The number of anilines is 2. The molecule has 0 N–H and O–H groups in total. The van der Waals surface area contributed by atoms with Gasteiger partial charge in [-0.1, -0.05) is 17.3 Å². The summed E-state index contributed by atoms with van der Waals surface area (Å²) in [5.74, 6) is 0.210. The number of hydrogen-bond donors (Lipinski definition) is 0. The smallest absolute Gasteiger partial charge is 0.276 e. The summed E-state index contributed by atoms with van der Waals surface area (Å²) in [6, 6.07) is 8.40. The molecule has 2 saturated heterocycles. The number of morpholine rings is 1. The number of nitrogens with zero attached hydrogens (tertiary/aromatic N) is 4. The summed E-state index contributed by atoms with van der Waals surface area (Å²) in [5, 5.41) is 3.94. The van der Waals surface area contributed by atoms with Crippen LogP contribution in [0.15, 0.2) is 34.9 Å². The van der Waals surface area contributed by atoms with Crippen molar-refractivity contribution in [2.45, 2.75) is 0 Å². The van der Waals surface area contributed by atoms with Gasteiger partial charge in [-0.2, -0.15) is 0 Å². The number of piperazine rings is 1. The van der Waals surface area contributed by atoms with Gasteiger partial charge in [-0.25, -0.2) is 4.39 Å². The van der Waals surface area contributed by atoms with E-state index in [4.69, 9.17) is 9.26 Å². The van der Waals surface area contributed by atoms with Gasteiger partial charge >= 0.3 is 0 Å². The summed E-state index contributed by atoms with van der Waals surface area (Å²) >= 11 is 0. The van der Waals surface area contributed by atoms with Crippen LogP contribution in [-0.4, -0.2) is 68.4 Å². The molecule has 0 aliphatic carbocycles. The molecule has 4 rings (SSSR count). The van der Waals surface area contributed by atoms with Gasteiger partial charge in [0.2, 0.25) is 5.88 Å². The van der Waals surface area contributed by atoms with Gasteiger partial charge in [-0.15, -0.1) is 0 Å². The van der Waals surface area contributed by atoms with E-state index in [2.05, 4.69) is 5.16 Å². The molecule has 0 unspecified atom stereocenters. The van der Waals surface area contributed by atoms with Crippen LogP contribution in [0.2, 0.25) is 0 Å². The first-order chi connectivity index (χ1) is 12.7. The Morgan fingerprint density at radius 2 is 1.73 bits per heavy atom. The van der Waals surface area contributed by atoms with Crippen molar-refractivity contribution in [3.05, 3.63) is 41.8 Å². The molecule has 1 aromatic heterocycles. The summed E-state index contributed by atoms with van der Waals surface area (Å²) < 4.78 is 24.6. The minimum atomic E-state index is -0.237. The number of carbonyl (C=O) groups is 1. The van der Waals surface area contributed by atoms with Crippen molar-refractivity contribution in [1.29, 1.82) is 0 Å². The van der Waals surface area contributed by atoms with Crippen molar-refractivity contribution >= 4 is 17.5 Å². The molecule has 26 heavy (non-hydrogen) atoms. The number of halogens is 1. The molecule has 0 spiro atoms. The van der Waals surface area contributed by atoms with Crippen molar-refractivity contribution in [2.75, 3.05) is 62.3 Å². The molecule has 3 heterocycles. The average Bonchev–Trinajstić information content (AvgIpc) is 3.19. The van der Waals surface area contributed by atoms with Crippen molar-refractivity contribution in [2.24, 2.45) is 0 Å². The SMILES string of the molecule is O=C(c1cc(N2CCOCC2)on1)N1CCN(c2ccccc2F)CC1. The number of ether oxygens (including phenoxy) is 1. The molecular formula is C18H21FN4O3. The number of benzene rings is 1. The maximum atomic E-state index is 13.9. The van der Waals surface area contributed by atoms with Gasteiger partial charge in [0.15, 0.2) is 5.69 Å². The zero-order chi connectivity index (χ0) is 17.9. The molecule has 0 radical (unpaired) electrons. The van der Waals surface area contributed by atoms with Crippen molar-refractivity contribution in [3.63, 3.8) is 0 Å². The summed E-state index contributed by atoms with van der Waals surface area (Å²) in [7, 11) is 0. The first-order valence-corrected chi connectivity index (χ1v) is 8.80. The first-order valence-electron chi connectivity index (χ1n) is 8.80. The van der Waals surface area contributed by atoms with E-state index in [0.29, 0.717) is 56.7 Å². The number of rotatable bonds is 3. The summed E-state index contributed by atoms with van der Waals surface area (Å²) in [6.07, 6.45) is 0. The van der Waals surface area contributed by atoms with Gasteiger partial charge in [0.1, 0.15) is 5.82 Å². The maximum Gasteiger partial charge on any atom is 0.276 e. The van der Waals surface area contributed by atoms with Gasteiger partial charge in [-0.3, -0.25) is 4.79 Å². The summed E-state index contributed by atoms with van der Waals surface area (Å²) in [6.45, 7) is 4.94. The molecule has 2 aliphatic heterocycles. The monoisotopic (exact) mass is 360 g/mol. The minimum absolute atomic E-state index is 0.151. The Morgan fingerprint density at radius 3 is 2.46 bits per heavy atom. The van der Waals surface area contributed by atoms with E-state index in [-0.39, 0.29) is 11.7 Å². The minimum Gasteiger partial charge on any atom is -0.378 e. The van der Waals surface area contributed by atoms with E-state index >= 15 is 0 Å². The van der Waals surface area contributed by atoms with E-state index in [9.17, 15) is 9.18 Å². The number of hydrogen-bond acceptors (Lipinski definition) is 6. The van der Waals surface area contributed by atoms with Crippen LogP contribution >= 0.6 is 0 Å². The molecule has 0 bridgehead atoms. The highest BCUT2D eigenvalue weighted by Gasteiger charge is 2.26. The molecule has 2 fully saturated rings. The highest BCUT2D eigenvalue weighted by molar-refractivity contribution is 5.93. The quantitative estimate of drug-likeness (QED) is 0.829. The largest absolute Gasteiger partial charge is 0.378 e. The van der Waals surface area contributed by atoms with Crippen molar-refractivity contribution in [3.8, 4) is 0 Å². The Labute approximate surface area is 150 Å². The van der Waals surface area contributed by atoms with Crippen LogP contribution < -0.4 is 9.80 Å². The molecule has 0 atom stereocenters. The third-order valence-electron chi connectivity index (χ3n) is 4.80. The third kappa shape index (κ3) is 3.37. The first kappa shape index (κ1) is 16.8. The Kier molecular flexibility index (Phi) is 4.75. The van der Waals surface area contributed by atoms with Crippen molar-refractivity contribution in [1.82, 2.24) is 10.1 Å². The Morgan fingerprint density at radius 1 is 1.00 bits per heavy atom. The summed E-state index contributed by atoms with van der Waals surface area (Å²) in [5.41, 5.74) is 0.890. The summed E-state index contributed by atoms with van der Waals surface area (Å²) in [4.78, 5) is 18.4. The van der Waals surface area contributed by atoms with Gasteiger partial charge in [0, 0.05) is 45.3 Å². The van der Waals surface area contributed by atoms with Crippen LogP contribution in [0.4, 0.5) is 16.0 Å². The van der Waals surface area contributed by atoms with E-state index < -0.39 is 0 Å². The molecular weight excluding hydrogens is 339 g/mol. The molecule has 2 aromatic rings. The second-order valence-corrected chi connectivity index (χ2v) is 6.38. The number of aromatic nitrogens is 1. The zero-order valence-corrected chi connectivity index (χ0v) is 14.4. The second-order valence-electron chi connectivity index (χ2n) is 6.38. The van der Waals surface area contributed by atoms with Crippen LogP contribution in [-0.2, 0) is 4.74 Å². The van der Waals surface area contributed by atoms with E-state index in [1.54, 1.807) is 23.1 Å². The average molecular weight is 360 g/mol. The second kappa shape index (κ2) is 7.33. The van der Waals surface area contributed by atoms with E-state index in [1.807, 2.05) is 15.9 Å². The van der Waals surface area contributed by atoms with Crippen LogP contribution in [0.3, 0.4) is 0 Å². The molecule has 8 heteroatoms. The van der Waals surface area contributed by atoms with E-state index in [0.717, 1.165) is 13.1 Å². The lowest BCUT2D eigenvalue weighted by molar-refractivity contribution is 0.0736. The predicted octanol–water partition coefficient (Wildman–Crippen LogP) is 1.61. The normalized spacial score (nSPS) is 18.3. The van der Waals surface area contributed by atoms with Gasteiger partial charge < -0.3 is 24.0 Å². The molecule has 1 aromatic carbocycles. The van der Waals surface area contributed by atoms with Crippen LogP contribution in [0.25, 0.3) is 0 Å². The Bertz CT molecular complexity index is 767. The lowest BCUT2D eigenvalue weighted by Gasteiger charge is -2.35. The highest BCUT2D eigenvalue weighted by atomic mass is 19.1. The standard InChI is InChI=1S/C18H21FN4O3/c19-14-3-1-2-4-16(14)21-5-7-23(8-6-21)18(24)15-13-17(26-20-15)22-9-11-25-12-10-22/h1-4,13H,5-12H2. The fourth-order valence-corrected chi connectivity index (χ4v) is 3.32. The van der Waals surface area contributed by atoms with Crippen LogP contribution in [0, 0.1) is 5.82 Å². The van der Waals surface area contributed by atoms with Gasteiger partial charge in [0.25, 0.3) is 5.91 Å². The van der Waals surface area contributed by atoms with Crippen LogP contribution in [0.1, 0.15) is 10.5 Å². The van der Waals surface area contributed by atoms with Gasteiger partial charge in [0.05, 0.1) is 18.9 Å². The Hall–Kier alpha value is -2.61. The van der Waals surface area contributed by atoms with E-state index in [1.165, 1.54) is 6.07 Å². The molecule has 0 saturated carbocycles. The fraction of sp³-hybridized carbons (Fsp3) is 0.444. The fourth-order valence-electron chi connectivity index (χ4n) is 3.32. The highest BCUT2D eigenvalue weighted by Crippen LogP contribution is 2.22. The Balaban J connectivity index is 1.38. The number of para-hydroxylation sites is 1. The third-order valence-corrected chi connectivity index (χ3v) is 4.80. The van der Waals surface area contributed by atoms with Gasteiger partial charge in [-0.05, 0) is 12.1 Å². The number of carbonyl (C=O) groups excluding carboxylic acids is 1. The van der Waals surface area contributed by atoms with Crippen molar-refractivity contribution < 1.29 is 18.4 Å². The lowest BCUT2D eigenvalue weighted by Crippen LogP contribution is -2.49. The lowest BCUT2D eigenvalue weighted by atomic mass is 10.2. The molecule has 138 valence electrons. The molecule has 7 nitrogen and oxygen atoms in total. The number of amides is 1. The predicted molar refractivity (Wildman–Crippen MR) is 94.1 cm³/mol. The molecule has 1 amide bonds. The topological polar surface area (TPSA) is 62.1 Å². The van der Waals surface area contributed by atoms with Crippen LogP contribution in [0.5, 0.6) is 0 Å². The maximum absolute atomic E-state index is 13.9. The zero-order valence-electron chi connectivity index (χ0n) is 14.4. The molecule has 2 aliphatic rings.